The van der Waals surface area contributed by atoms with E-state index in [1.54, 1.807) is 0 Å². The lowest BCUT2D eigenvalue weighted by Crippen LogP contribution is -2.44. The van der Waals surface area contributed by atoms with Crippen molar-refractivity contribution in [2.75, 3.05) is 0 Å². The fraction of sp³-hybridized carbons (Fsp3) is 0.667. The third-order valence-corrected chi connectivity index (χ3v) is 7.39. The average Bonchev–Trinajstić information content (AvgIpc) is 2.76. The van der Waals surface area contributed by atoms with Gasteiger partial charge in [0.15, 0.2) is 0 Å². The Labute approximate surface area is 153 Å². The summed E-state index contributed by atoms with van der Waals surface area (Å²) >= 11 is 3.51. The van der Waals surface area contributed by atoms with Gasteiger partial charge in [0, 0.05) is 17.3 Å². The van der Waals surface area contributed by atoms with E-state index in [2.05, 4.69) is 26.7 Å². The van der Waals surface area contributed by atoms with Gasteiger partial charge in [0.1, 0.15) is 0 Å². The zero-order chi connectivity index (χ0) is 17.8. The van der Waals surface area contributed by atoms with E-state index in [4.69, 9.17) is 0 Å². The minimum Gasteiger partial charge on any atom is -0.242 e. The first-order valence-electron chi connectivity index (χ1n) is 8.37. The van der Waals surface area contributed by atoms with Crippen molar-refractivity contribution in [2.24, 2.45) is 5.41 Å². The van der Waals surface area contributed by atoms with Crippen LogP contribution in [-0.4, -0.2) is 14.9 Å². The van der Waals surface area contributed by atoms with E-state index in [1.807, 2.05) is 32.9 Å². The number of fused-ring (bicyclic) bond motifs is 1. The number of benzene rings is 1. The third-order valence-electron chi connectivity index (χ3n) is 5.33. The maximum atomic E-state index is 13.7. The van der Waals surface area contributed by atoms with Crippen molar-refractivity contribution in [1.82, 2.24) is 4.72 Å². The Morgan fingerprint density at radius 1 is 1.21 bits per heavy atom. The molecule has 2 atom stereocenters. The van der Waals surface area contributed by atoms with Gasteiger partial charge in [0.25, 0.3) is 0 Å². The molecule has 134 valence electrons. The molecule has 0 amide bonds. The van der Waals surface area contributed by atoms with Crippen LogP contribution in [0.4, 0.5) is 8.78 Å². The summed E-state index contributed by atoms with van der Waals surface area (Å²) in [5.41, 5.74) is 2.03. The molecule has 2 aliphatic rings. The highest BCUT2D eigenvalue weighted by molar-refractivity contribution is 9.10. The molecule has 0 bridgehead atoms. The molecule has 1 saturated carbocycles. The quantitative estimate of drug-likeness (QED) is 0.692. The predicted molar refractivity (Wildman–Crippen MR) is 97.5 cm³/mol. The van der Waals surface area contributed by atoms with Crippen molar-refractivity contribution < 1.29 is 13.0 Å². The van der Waals surface area contributed by atoms with Crippen LogP contribution < -0.4 is 4.72 Å². The summed E-state index contributed by atoms with van der Waals surface area (Å²) in [7, 11) is -1.24. The molecule has 0 aromatic heterocycles. The van der Waals surface area contributed by atoms with E-state index in [-0.39, 0.29) is 24.3 Å². The predicted octanol–water partition coefficient (Wildman–Crippen LogP) is 5.29. The summed E-state index contributed by atoms with van der Waals surface area (Å²) in [6.07, 6.45) is 1.55. The summed E-state index contributed by atoms with van der Waals surface area (Å²) in [5, 5.41) is 0. The lowest BCUT2D eigenvalue weighted by molar-refractivity contribution is -0.0713. The smallest absolute Gasteiger partial charge is 0.242 e. The van der Waals surface area contributed by atoms with Crippen LogP contribution in [0.3, 0.4) is 0 Å². The van der Waals surface area contributed by atoms with Gasteiger partial charge in [-0.25, -0.2) is 17.7 Å². The van der Waals surface area contributed by atoms with Crippen LogP contribution in [0.1, 0.15) is 63.6 Å². The molecule has 6 heteroatoms. The van der Waals surface area contributed by atoms with Crippen LogP contribution in [-0.2, 0) is 17.4 Å². The van der Waals surface area contributed by atoms with Crippen molar-refractivity contribution >= 4 is 26.9 Å². The Balaban J connectivity index is 1.96. The summed E-state index contributed by atoms with van der Waals surface area (Å²) in [5.74, 6) is -2.56. The second-order valence-corrected chi connectivity index (χ2v) is 11.1. The SMILES string of the molecule is CC(C)(C)S(=O)NC1c2cc(Br)ccc2CC12CCC(F)(F)CC2. The molecule has 3 rings (SSSR count). The molecule has 0 saturated heterocycles. The van der Waals surface area contributed by atoms with Gasteiger partial charge in [0.2, 0.25) is 5.92 Å². The van der Waals surface area contributed by atoms with Gasteiger partial charge in [-0.15, -0.1) is 0 Å². The maximum absolute atomic E-state index is 13.7. The van der Waals surface area contributed by atoms with E-state index < -0.39 is 21.7 Å². The first kappa shape index (κ1) is 18.5. The molecule has 0 aliphatic heterocycles. The van der Waals surface area contributed by atoms with Crippen LogP contribution in [0.5, 0.6) is 0 Å². The van der Waals surface area contributed by atoms with Gasteiger partial charge in [-0.1, -0.05) is 22.0 Å². The van der Waals surface area contributed by atoms with Gasteiger partial charge >= 0.3 is 0 Å². The third kappa shape index (κ3) is 3.47. The van der Waals surface area contributed by atoms with E-state index in [1.165, 1.54) is 5.56 Å². The Kier molecular flexibility index (Phi) is 4.72. The summed E-state index contributed by atoms with van der Waals surface area (Å²) in [6.45, 7) is 5.78. The Bertz CT molecular complexity index is 661. The minimum atomic E-state index is -2.56. The van der Waals surface area contributed by atoms with Crippen molar-refractivity contribution in [3.8, 4) is 0 Å². The topological polar surface area (TPSA) is 29.1 Å². The van der Waals surface area contributed by atoms with E-state index in [0.717, 1.165) is 16.5 Å². The highest BCUT2D eigenvalue weighted by atomic mass is 79.9. The molecule has 0 heterocycles. The summed E-state index contributed by atoms with van der Waals surface area (Å²) < 4.78 is 44.0. The Hall–Kier alpha value is -0.330. The minimum absolute atomic E-state index is 0.0809. The summed E-state index contributed by atoms with van der Waals surface area (Å²) in [6, 6.07) is 5.97. The molecule has 2 unspecified atom stereocenters. The fourth-order valence-corrected chi connectivity index (χ4v) is 5.18. The highest BCUT2D eigenvalue weighted by Gasteiger charge is 2.52. The number of hydrogen-bond acceptors (Lipinski definition) is 1. The van der Waals surface area contributed by atoms with Crippen molar-refractivity contribution in [3.63, 3.8) is 0 Å². The average molecular weight is 420 g/mol. The van der Waals surface area contributed by atoms with E-state index in [0.29, 0.717) is 12.8 Å². The highest BCUT2D eigenvalue weighted by Crippen LogP contribution is 2.57. The molecule has 1 aromatic carbocycles. The zero-order valence-corrected chi connectivity index (χ0v) is 16.7. The number of halogens is 3. The number of hydrogen-bond donors (Lipinski definition) is 1. The van der Waals surface area contributed by atoms with E-state index in [9.17, 15) is 13.0 Å². The first-order valence-corrected chi connectivity index (χ1v) is 10.3. The van der Waals surface area contributed by atoms with Gasteiger partial charge in [-0.3, -0.25) is 0 Å². The number of nitrogens with one attached hydrogen (secondary N) is 1. The van der Waals surface area contributed by atoms with Gasteiger partial charge in [-0.05, 0) is 68.7 Å². The molecule has 0 radical (unpaired) electrons. The molecule has 1 aromatic rings. The summed E-state index contributed by atoms with van der Waals surface area (Å²) in [4.78, 5) is 0. The standard InChI is InChI=1S/C18H24BrF2NOS/c1-16(2,3)24(23)22-15-14-10-13(19)5-4-12(14)11-17(15)6-8-18(20,21)9-7-17/h4-5,10,15,22H,6-9,11H2,1-3H3. The van der Waals surface area contributed by atoms with Crippen molar-refractivity contribution in [2.45, 2.75) is 69.6 Å². The molecule has 2 aliphatic carbocycles. The lowest BCUT2D eigenvalue weighted by Gasteiger charge is -2.42. The molecular weight excluding hydrogens is 396 g/mol. The number of alkyl halides is 2. The first-order chi connectivity index (χ1) is 11.0. The van der Waals surface area contributed by atoms with Crippen LogP contribution in [0.2, 0.25) is 0 Å². The van der Waals surface area contributed by atoms with Crippen molar-refractivity contribution in [1.29, 1.82) is 0 Å². The second-order valence-electron chi connectivity index (χ2n) is 8.17. The number of rotatable bonds is 2. The van der Waals surface area contributed by atoms with Crippen LogP contribution in [0.15, 0.2) is 22.7 Å². The van der Waals surface area contributed by atoms with Crippen LogP contribution >= 0.6 is 15.9 Å². The van der Waals surface area contributed by atoms with Crippen LogP contribution in [0.25, 0.3) is 0 Å². The molecule has 1 N–H and O–H groups in total. The zero-order valence-electron chi connectivity index (χ0n) is 14.3. The van der Waals surface area contributed by atoms with Crippen molar-refractivity contribution in [3.05, 3.63) is 33.8 Å². The normalized spacial score (nSPS) is 26.3. The molecule has 24 heavy (non-hydrogen) atoms. The van der Waals surface area contributed by atoms with E-state index >= 15 is 0 Å². The van der Waals surface area contributed by atoms with Gasteiger partial charge < -0.3 is 0 Å². The Morgan fingerprint density at radius 2 is 1.83 bits per heavy atom. The molecule has 1 spiro atoms. The maximum Gasteiger partial charge on any atom is 0.248 e. The molecular formula is C18H24BrF2NOS. The molecule has 2 nitrogen and oxygen atoms in total. The van der Waals surface area contributed by atoms with Gasteiger partial charge in [0.05, 0.1) is 21.8 Å². The Morgan fingerprint density at radius 3 is 2.42 bits per heavy atom. The lowest BCUT2D eigenvalue weighted by atomic mass is 9.68. The van der Waals surface area contributed by atoms with Gasteiger partial charge in [-0.2, -0.15) is 0 Å². The largest absolute Gasteiger partial charge is 0.248 e. The fourth-order valence-electron chi connectivity index (χ4n) is 3.86. The molecule has 1 fully saturated rings. The van der Waals surface area contributed by atoms with Crippen LogP contribution in [0, 0.1) is 5.41 Å². The monoisotopic (exact) mass is 419 g/mol. The second kappa shape index (κ2) is 6.13.